The van der Waals surface area contributed by atoms with Crippen molar-refractivity contribution in [3.63, 3.8) is 0 Å². The van der Waals surface area contributed by atoms with Crippen molar-refractivity contribution in [1.29, 1.82) is 0 Å². The minimum absolute atomic E-state index is 0.376. The van der Waals surface area contributed by atoms with E-state index in [9.17, 15) is 4.79 Å². The lowest BCUT2D eigenvalue weighted by Crippen LogP contribution is -2.30. The van der Waals surface area contributed by atoms with Crippen LogP contribution in [0.15, 0.2) is 47.6 Å². The lowest BCUT2D eigenvalue weighted by molar-refractivity contribution is -0.0857. The SMILES string of the molecule is NC(=O)ON1C=CC=NC1c1ccccc1. The van der Waals surface area contributed by atoms with Gasteiger partial charge in [-0.05, 0) is 11.6 Å². The summed E-state index contributed by atoms with van der Waals surface area (Å²) in [5.41, 5.74) is 5.90. The summed E-state index contributed by atoms with van der Waals surface area (Å²) < 4.78 is 0. The van der Waals surface area contributed by atoms with Gasteiger partial charge in [-0.1, -0.05) is 30.3 Å². The lowest BCUT2D eigenvalue weighted by Gasteiger charge is -2.26. The van der Waals surface area contributed by atoms with E-state index in [1.54, 1.807) is 18.5 Å². The molecule has 2 rings (SSSR count). The molecule has 1 atom stereocenters. The first-order valence-corrected chi connectivity index (χ1v) is 4.78. The number of nitrogens with two attached hydrogens (primary N) is 1. The Morgan fingerprint density at radius 1 is 1.38 bits per heavy atom. The van der Waals surface area contributed by atoms with Crippen molar-refractivity contribution in [2.45, 2.75) is 6.17 Å². The minimum atomic E-state index is -0.859. The number of primary amides is 1. The van der Waals surface area contributed by atoms with Gasteiger partial charge in [0, 0.05) is 12.4 Å². The molecule has 5 nitrogen and oxygen atoms in total. The maximum Gasteiger partial charge on any atom is 0.429 e. The number of hydrogen-bond acceptors (Lipinski definition) is 4. The van der Waals surface area contributed by atoms with Crippen LogP contribution in [0.4, 0.5) is 4.79 Å². The molecule has 0 spiro atoms. The standard InChI is InChI=1S/C11H11N3O2/c12-11(15)16-14-8-4-7-13-10(14)9-5-2-1-3-6-9/h1-8,10H,(H2,12,15). The highest BCUT2D eigenvalue weighted by Gasteiger charge is 2.20. The lowest BCUT2D eigenvalue weighted by atomic mass is 10.1. The van der Waals surface area contributed by atoms with E-state index < -0.39 is 6.09 Å². The summed E-state index contributed by atoms with van der Waals surface area (Å²) in [6.07, 6.45) is 3.69. The first-order chi connectivity index (χ1) is 7.77. The number of aliphatic imine (C=N–C) groups is 1. The third-order valence-electron chi connectivity index (χ3n) is 2.08. The molecule has 1 amide bonds. The minimum Gasteiger partial charge on any atom is -0.333 e. The van der Waals surface area contributed by atoms with Crippen molar-refractivity contribution in [1.82, 2.24) is 5.06 Å². The smallest absolute Gasteiger partial charge is 0.333 e. The van der Waals surface area contributed by atoms with Crippen LogP contribution >= 0.6 is 0 Å². The van der Waals surface area contributed by atoms with Crippen LogP contribution in [0.3, 0.4) is 0 Å². The van der Waals surface area contributed by atoms with Crippen LogP contribution in [-0.2, 0) is 4.84 Å². The summed E-state index contributed by atoms with van der Waals surface area (Å²) in [7, 11) is 0. The summed E-state index contributed by atoms with van der Waals surface area (Å²) >= 11 is 0. The highest BCUT2D eigenvalue weighted by Crippen LogP contribution is 2.24. The van der Waals surface area contributed by atoms with E-state index in [2.05, 4.69) is 4.99 Å². The highest BCUT2D eigenvalue weighted by atomic mass is 16.7. The number of rotatable bonds is 2. The summed E-state index contributed by atoms with van der Waals surface area (Å²) in [4.78, 5) is 19.8. The molecule has 1 aromatic rings. The van der Waals surface area contributed by atoms with Gasteiger partial charge in [0.05, 0.1) is 0 Å². The molecule has 0 aliphatic carbocycles. The first-order valence-electron chi connectivity index (χ1n) is 4.78. The van der Waals surface area contributed by atoms with Gasteiger partial charge in [-0.25, -0.2) is 4.79 Å². The van der Waals surface area contributed by atoms with Crippen molar-refractivity contribution in [2.75, 3.05) is 0 Å². The fourth-order valence-electron chi connectivity index (χ4n) is 1.44. The molecule has 1 unspecified atom stereocenters. The second-order valence-corrected chi connectivity index (χ2v) is 3.19. The average molecular weight is 217 g/mol. The fourth-order valence-corrected chi connectivity index (χ4v) is 1.44. The summed E-state index contributed by atoms with van der Waals surface area (Å²) in [5.74, 6) is 0. The van der Waals surface area contributed by atoms with E-state index in [1.165, 1.54) is 5.06 Å². The number of carbonyl (C=O) groups excluding carboxylic acids is 1. The van der Waals surface area contributed by atoms with Gasteiger partial charge in [0.2, 0.25) is 0 Å². The number of allylic oxidation sites excluding steroid dienone is 1. The van der Waals surface area contributed by atoms with Crippen molar-refractivity contribution >= 4 is 12.3 Å². The molecule has 5 heteroatoms. The van der Waals surface area contributed by atoms with Gasteiger partial charge in [0.15, 0.2) is 6.17 Å². The number of hydrogen-bond donors (Lipinski definition) is 1. The molecule has 16 heavy (non-hydrogen) atoms. The third-order valence-corrected chi connectivity index (χ3v) is 2.08. The predicted molar refractivity (Wildman–Crippen MR) is 59.3 cm³/mol. The second kappa shape index (κ2) is 4.48. The quantitative estimate of drug-likeness (QED) is 0.818. The largest absolute Gasteiger partial charge is 0.429 e. The molecule has 82 valence electrons. The maximum atomic E-state index is 10.7. The highest BCUT2D eigenvalue weighted by molar-refractivity contribution is 5.72. The van der Waals surface area contributed by atoms with E-state index in [0.29, 0.717) is 0 Å². The van der Waals surface area contributed by atoms with Gasteiger partial charge in [-0.15, -0.1) is 0 Å². The molecule has 0 fully saturated rings. The average Bonchev–Trinajstić information content (AvgIpc) is 2.30. The van der Waals surface area contributed by atoms with Gasteiger partial charge in [0.1, 0.15) is 0 Å². The van der Waals surface area contributed by atoms with Crippen LogP contribution in [0.1, 0.15) is 11.7 Å². The molecule has 0 radical (unpaired) electrons. The van der Waals surface area contributed by atoms with Crippen LogP contribution in [0, 0.1) is 0 Å². The van der Waals surface area contributed by atoms with E-state index in [0.717, 1.165) is 5.56 Å². The fraction of sp³-hybridized carbons (Fsp3) is 0.0909. The normalized spacial score (nSPS) is 18.5. The van der Waals surface area contributed by atoms with Gasteiger partial charge in [0.25, 0.3) is 0 Å². The summed E-state index contributed by atoms with van der Waals surface area (Å²) in [5, 5.41) is 1.32. The Morgan fingerprint density at radius 2 is 2.12 bits per heavy atom. The third kappa shape index (κ3) is 2.20. The molecule has 1 aromatic carbocycles. The van der Waals surface area contributed by atoms with Crippen LogP contribution in [-0.4, -0.2) is 17.4 Å². The molecule has 1 aliphatic heterocycles. The van der Waals surface area contributed by atoms with Gasteiger partial charge in [-0.2, -0.15) is 5.06 Å². The van der Waals surface area contributed by atoms with E-state index in [-0.39, 0.29) is 6.17 Å². The Bertz CT molecular complexity index is 428. The monoisotopic (exact) mass is 217 g/mol. The Labute approximate surface area is 92.8 Å². The maximum absolute atomic E-state index is 10.7. The molecule has 1 aliphatic rings. The number of carbonyl (C=O) groups is 1. The van der Waals surface area contributed by atoms with Crippen molar-refractivity contribution in [2.24, 2.45) is 10.7 Å². The van der Waals surface area contributed by atoms with Gasteiger partial charge in [-0.3, -0.25) is 4.99 Å². The zero-order chi connectivity index (χ0) is 11.4. The molecule has 0 saturated carbocycles. The Kier molecular flexibility index (Phi) is 2.86. The molecule has 0 aromatic heterocycles. The molecular formula is C11H11N3O2. The Morgan fingerprint density at radius 3 is 2.81 bits per heavy atom. The topological polar surface area (TPSA) is 67.9 Å². The van der Waals surface area contributed by atoms with Gasteiger partial charge < -0.3 is 10.6 Å². The first kappa shape index (κ1) is 10.2. The predicted octanol–water partition coefficient (Wildman–Crippen LogP) is 1.60. The van der Waals surface area contributed by atoms with Gasteiger partial charge >= 0.3 is 6.09 Å². The molecular weight excluding hydrogens is 206 g/mol. The van der Waals surface area contributed by atoms with Crippen LogP contribution in [0.25, 0.3) is 0 Å². The summed E-state index contributed by atoms with van der Waals surface area (Å²) in [6.45, 7) is 0. The zero-order valence-corrected chi connectivity index (χ0v) is 8.48. The van der Waals surface area contributed by atoms with Crippen molar-refractivity contribution in [3.05, 3.63) is 48.2 Å². The van der Waals surface area contributed by atoms with Crippen LogP contribution in [0.5, 0.6) is 0 Å². The Hall–Kier alpha value is -2.30. The number of amides is 1. The van der Waals surface area contributed by atoms with Crippen molar-refractivity contribution in [3.8, 4) is 0 Å². The number of hydroxylamine groups is 2. The van der Waals surface area contributed by atoms with E-state index >= 15 is 0 Å². The van der Waals surface area contributed by atoms with Crippen molar-refractivity contribution < 1.29 is 9.63 Å². The molecule has 1 heterocycles. The van der Waals surface area contributed by atoms with E-state index in [1.807, 2.05) is 30.3 Å². The number of nitrogens with zero attached hydrogens (tertiary/aromatic N) is 2. The van der Waals surface area contributed by atoms with Crippen LogP contribution < -0.4 is 5.73 Å². The second-order valence-electron chi connectivity index (χ2n) is 3.19. The number of benzene rings is 1. The molecule has 0 saturated heterocycles. The van der Waals surface area contributed by atoms with E-state index in [4.69, 9.17) is 10.6 Å². The Balaban J connectivity index is 2.21. The van der Waals surface area contributed by atoms with Crippen LogP contribution in [0.2, 0.25) is 0 Å². The molecule has 2 N–H and O–H groups in total. The summed E-state index contributed by atoms with van der Waals surface area (Å²) in [6, 6.07) is 9.50. The zero-order valence-electron chi connectivity index (χ0n) is 8.48. The molecule has 0 bridgehead atoms.